The number of thioether (sulfide) groups is 1. The lowest BCUT2D eigenvalue weighted by Crippen LogP contribution is -2.17. The average Bonchev–Trinajstić information content (AvgIpc) is 2.84. The molecule has 0 bridgehead atoms. The summed E-state index contributed by atoms with van der Waals surface area (Å²) in [5.41, 5.74) is 1.44. The molecule has 2 aromatic rings. The van der Waals surface area contributed by atoms with E-state index in [9.17, 15) is 9.18 Å². The molecule has 0 N–H and O–H groups in total. The minimum absolute atomic E-state index is 0.106. The number of Topliss-reactive ketones (excluding diaryl/α,β-unsaturated/α-hetero) is 1. The quantitative estimate of drug-likeness (QED) is 0.764. The summed E-state index contributed by atoms with van der Waals surface area (Å²) in [6, 6.07) is 11.8. The highest BCUT2D eigenvalue weighted by Gasteiger charge is 2.29. The molecule has 1 atom stereocenters. The lowest BCUT2D eigenvalue weighted by atomic mass is 10.0. The Morgan fingerprint density at radius 1 is 1.26 bits per heavy atom. The number of carbonyl (C=O) groups excluding carboxylic acids is 1. The van der Waals surface area contributed by atoms with Crippen LogP contribution in [0.1, 0.15) is 15.9 Å². The van der Waals surface area contributed by atoms with Gasteiger partial charge in [0.25, 0.3) is 0 Å². The van der Waals surface area contributed by atoms with E-state index in [4.69, 9.17) is 11.6 Å². The van der Waals surface area contributed by atoms with E-state index < -0.39 is 5.82 Å². The van der Waals surface area contributed by atoms with E-state index >= 15 is 0 Å². The smallest absolute Gasteiger partial charge is 0.178 e. The van der Waals surface area contributed by atoms with Gasteiger partial charge in [-0.3, -0.25) is 4.79 Å². The molecule has 1 unspecified atom stereocenters. The van der Waals surface area contributed by atoms with Crippen LogP contribution in [-0.2, 0) is 6.42 Å². The highest BCUT2D eigenvalue weighted by molar-refractivity contribution is 8.01. The Morgan fingerprint density at radius 3 is 2.84 bits per heavy atom. The van der Waals surface area contributed by atoms with Crippen molar-refractivity contribution in [2.24, 2.45) is 0 Å². The van der Waals surface area contributed by atoms with Crippen molar-refractivity contribution in [3.8, 4) is 0 Å². The zero-order valence-corrected chi connectivity index (χ0v) is 11.5. The number of benzene rings is 2. The molecule has 0 aromatic heterocycles. The van der Waals surface area contributed by atoms with Crippen molar-refractivity contribution in [1.29, 1.82) is 0 Å². The first-order valence-electron chi connectivity index (χ1n) is 5.89. The van der Waals surface area contributed by atoms with Crippen LogP contribution in [0.15, 0.2) is 47.4 Å². The summed E-state index contributed by atoms with van der Waals surface area (Å²) in [6.45, 7) is 0. The molecule has 1 heterocycles. The molecule has 0 fully saturated rings. The lowest BCUT2D eigenvalue weighted by molar-refractivity contribution is 0.0990. The van der Waals surface area contributed by atoms with Crippen LogP contribution in [-0.4, -0.2) is 11.0 Å². The third kappa shape index (κ3) is 2.40. The summed E-state index contributed by atoms with van der Waals surface area (Å²) < 4.78 is 13.2. The van der Waals surface area contributed by atoms with Crippen molar-refractivity contribution < 1.29 is 9.18 Å². The van der Waals surface area contributed by atoms with E-state index in [1.807, 2.05) is 24.3 Å². The summed E-state index contributed by atoms with van der Waals surface area (Å²) in [7, 11) is 0. The molecule has 0 amide bonds. The summed E-state index contributed by atoms with van der Waals surface area (Å²) >= 11 is 7.51. The molecular weight excluding hydrogens is 283 g/mol. The molecule has 0 spiro atoms. The van der Waals surface area contributed by atoms with Crippen LogP contribution >= 0.6 is 23.4 Å². The first-order chi connectivity index (χ1) is 9.15. The maximum absolute atomic E-state index is 13.2. The molecule has 1 aliphatic rings. The van der Waals surface area contributed by atoms with Gasteiger partial charge < -0.3 is 0 Å². The van der Waals surface area contributed by atoms with Crippen LogP contribution in [0.5, 0.6) is 0 Å². The van der Waals surface area contributed by atoms with Gasteiger partial charge in [-0.05, 0) is 36.2 Å². The molecule has 3 rings (SSSR count). The van der Waals surface area contributed by atoms with Crippen LogP contribution in [0.2, 0.25) is 5.02 Å². The van der Waals surface area contributed by atoms with Crippen molar-refractivity contribution in [1.82, 2.24) is 0 Å². The highest BCUT2D eigenvalue weighted by Crippen LogP contribution is 2.39. The van der Waals surface area contributed by atoms with E-state index in [-0.39, 0.29) is 16.6 Å². The van der Waals surface area contributed by atoms with E-state index in [0.717, 1.165) is 4.90 Å². The van der Waals surface area contributed by atoms with Crippen LogP contribution in [0.25, 0.3) is 0 Å². The van der Waals surface area contributed by atoms with Gasteiger partial charge in [0.05, 0.1) is 10.3 Å². The predicted molar refractivity (Wildman–Crippen MR) is 75.5 cm³/mol. The van der Waals surface area contributed by atoms with Crippen LogP contribution in [0.3, 0.4) is 0 Å². The molecule has 0 saturated carbocycles. The van der Waals surface area contributed by atoms with Crippen LogP contribution < -0.4 is 0 Å². The monoisotopic (exact) mass is 292 g/mol. The van der Waals surface area contributed by atoms with Crippen molar-refractivity contribution in [3.05, 3.63) is 64.4 Å². The highest BCUT2D eigenvalue weighted by atomic mass is 35.5. The molecule has 0 aliphatic carbocycles. The normalized spacial score (nSPS) is 17.3. The molecule has 0 radical (unpaired) electrons. The number of carbonyl (C=O) groups is 1. The van der Waals surface area contributed by atoms with Gasteiger partial charge in [-0.1, -0.05) is 29.8 Å². The Balaban J connectivity index is 1.89. The van der Waals surface area contributed by atoms with Gasteiger partial charge in [0.1, 0.15) is 5.82 Å². The van der Waals surface area contributed by atoms with Gasteiger partial charge in [-0.25, -0.2) is 4.39 Å². The maximum Gasteiger partial charge on any atom is 0.178 e. The number of hydrogen-bond donors (Lipinski definition) is 0. The van der Waals surface area contributed by atoms with E-state index in [1.165, 1.54) is 35.5 Å². The van der Waals surface area contributed by atoms with E-state index in [1.54, 1.807) is 0 Å². The van der Waals surface area contributed by atoms with Gasteiger partial charge in [0, 0.05) is 10.5 Å². The number of rotatable bonds is 2. The molecule has 96 valence electrons. The minimum atomic E-state index is -0.437. The topological polar surface area (TPSA) is 17.1 Å². The fourth-order valence-electron chi connectivity index (χ4n) is 2.19. The largest absolute Gasteiger partial charge is 0.293 e. The van der Waals surface area contributed by atoms with Gasteiger partial charge >= 0.3 is 0 Å². The van der Waals surface area contributed by atoms with Gasteiger partial charge in [-0.15, -0.1) is 11.8 Å². The Kier molecular flexibility index (Phi) is 3.33. The average molecular weight is 293 g/mol. The van der Waals surface area contributed by atoms with Crippen molar-refractivity contribution in [2.75, 3.05) is 0 Å². The standard InChI is InChI=1S/C15H10ClFOS/c16-12-6-5-10(17)8-11(12)15(18)14-7-9-3-1-2-4-13(9)19-14/h1-6,8,14H,7H2. The molecule has 19 heavy (non-hydrogen) atoms. The fourth-order valence-corrected chi connectivity index (χ4v) is 3.66. The second kappa shape index (κ2) is 4.99. The summed E-state index contributed by atoms with van der Waals surface area (Å²) in [4.78, 5) is 13.5. The van der Waals surface area contributed by atoms with E-state index in [0.29, 0.717) is 11.4 Å². The molecule has 1 aliphatic heterocycles. The zero-order valence-electron chi connectivity index (χ0n) is 9.90. The van der Waals surface area contributed by atoms with Crippen molar-refractivity contribution in [3.63, 3.8) is 0 Å². The minimum Gasteiger partial charge on any atom is -0.293 e. The third-order valence-corrected chi connectivity index (χ3v) is 4.78. The molecule has 2 aromatic carbocycles. The van der Waals surface area contributed by atoms with Gasteiger partial charge in [-0.2, -0.15) is 0 Å². The first kappa shape index (κ1) is 12.7. The fraction of sp³-hybridized carbons (Fsp3) is 0.133. The second-order valence-electron chi connectivity index (χ2n) is 4.41. The van der Waals surface area contributed by atoms with Crippen LogP contribution in [0.4, 0.5) is 4.39 Å². The van der Waals surface area contributed by atoms with Gasteiger partial charge in [0.2, 0.25) is 0 Å². The molecule has 4 heteroatoms. The second-order valence-corrected chi connectivity index (χ2v) is 6.06. The van der Waals surface area contributed by atoms with Crippen molar-refractivity contribution in [2.45, 2.75) is 16.6 Å². The Labute approximate surface area is 119 Å². The molecule has 0 saturated heterocycles. The Morgan fingerprint density at radius 2 is 2.05 bits per heavy atom. The van der Waals surface area contributed by atoms with Gasteiger partial charge in [0.15, 0.2) is 5.78 Å². The Bertz CT molecular complexity index is 631. The van der Waals surface area contributed by atoms with Crippen LogP contribution in [0, 0.1) is 5.82 Å². The van der Waals surface area contributed by atoms with Crippen molar-refractivity contribution >= 4 is 29.1 Å². The third-order valence-electron chi connectivity index (χ3n) is 3.13. The zero-order chi connectivity index (χ0) is 13.4. The number of fused-ring (bicyclic) bond motifs is 1. The summed E-state index contributed by atoms with van der Waals surface area (Å²) in [6.07, 6.45) is 0.673. The Hall–Kier alpha value is -1.32. The summed E-state index contributed by atoms with van der Waals surface area (Å²) in [5, 5.41) is 0.0969. The SMILES string of the molecule is O=C(c1cc(F)ccc1Cl)C1Cc2ccccc2S1. The number of ketones is 1. The maximum atomic E-state index is 13.2. The predicted octanol–water partition coefficient (Wildman–Crippen LogP) is 4.38. The molecular formula is C15H10ClFOS. The summed E-state index contributed by atoms with van der Waals surface area (Å²) in [5.74, 6) is -0.543. The van der Waals surface area contributed by atoms with E-state index in [2.05, 4.69) is 0 Å². The first-order valence-corrected chi connectivity index (χ1v) is 7.15. The number of hydrogen-bond acceptors (Lipinski definition) is 2. The number of halogens is 2. The lowest BCUT2D eigenvalue weighted by Gasteiger charge is -2.09. The molecule has 1 nitrogen and oxygen atoms in total.